The van der Waals surface area contributed by atoms with E-state index in [1.807, 2.05) is 22.7 Å². The van der Waals surface area contributed by atoms with Gasteiger partial charge in [-0.15, -0.1) is 0 Å². The number of pyridine rings is 1. The predicted molar refractivity (Wildman–Crippen MR) is 66.7 cm³/mol. The van der Waals surface area contributed by atoms with Gasteiger partial charge < -0.3 is 13.7 Å². The molecule has 0 aliphatic carbocycles. The zero-order valence-electron chi connectivity index (χ0n) is 10.2. The molecule has 0 radical (unpaired) electrons. The Morgan fingerprint density at radius 2 is 2.32 bits per heavy atom. The van der Waals surface area contributed by atoms with Crippen molar-refractivity contribution in [3.63, 3.8) is 0 Å². The number of hydrogen-bond acceptors (Lipinski definition) is 5. The minimum absolute atomic E-state index is 0.259. The van der Waals surface area contributed by atoms with Crippen LogP contribution in [0.1, 0.15) is 18.2 Å². The van der Waals surface area contributed by atoms with Gasteiger partial charge in [0.25, 0.3) is 5.89 Å². The maximum atomic E-state index is 5.34. The minimum atomic E-state index is 0.259. The van der Waals surface area contributed by atoms with Crippen LogP contribution in [0.25, 0.3) is 17.0 Å². The Hall–Kier alpha value is -2.21. The van der Waals surface area contributed by atoms with Crippen LogP contribution in [0.3, 0.4) is 0 Å². The molecule has 4 heterocycles. The summed E-state index contributed by atoms with van der Waals surface area (Å²) in [4.78, 5) is 8.55. The SMILES string of the molecule is c1cc2cncn2cc1-c1nc(C2CCOC2)no1. The van der Waals surface area contributed by atoms with Crippen LogP contribution in [0.2, 0.25) is 0 Å². The third-order valence-electron chi connectivity index (χ3n) is 3.39. The lowest BCUT2D eigenvalue weighted by atomic mass is 10.1. The maximum absolute atomic E-state index is 5.34. The summed E-state index contributed by atoms with van der Waals surface area (Å²) in [7, 11) is 0. The number of fused-ring (bicyclic) bond motifs is 1. The summed E-state index contributed by atoms with van der Waals surface area (Å²) in [5.74, 6) is 1.53. The summed E-state index contributed by atoms with van der Waals surface area (Å²) >= 11 is 0. The fourth-order valence-electron chi connectivity index (χ4n) is 2.30. The summed E-state index contributed by atoms with van der Waals surface area (Å²) in [6.07, 6.45) is 6.45. The van der Waals surface area contributed by atoms with Gasteiger partial charge in [-0.25, -0.2) is 4.98 Å². The molecular weight excluding hydrogens is 244 g/mol. The van der Waals surface area contributed by atoms with E-state index in [0.717, 1.165) is 29.9 Å². The van der Waals surface area contributed by atoms with E-state index in [1.54, 1.807) is 12.5 Å². The predicted octanol–water partition coefficient (Wildman–Crippen LogP) is 1.89. The van der Waals surface area contributed by atoms with Gasteiger partial charge in [-0.2, -0.15) is 4.98 Å². The molecule has 3 aromatic heterocycles. The summed E-state index contributed by atoms with van der Waals surface area (Å²) in [5, 5.41) is 4.05. The lowest BCUT2D eigenvalue weighted by Crippen LogP contribution is -1.99. The quantitative estimate of drug-likeness (QED) is 0.700. The molecule has 0 amide bonds. The molecule has 6 nitrogen and oxygen atoms in total. The molecule has 1 atom stereocenters. The lowest BCUT2D eigenvalue weighted by molar-refractivity contribution is 0.192. The smallest absolute Gasteiger partial charge is 0.259 e. The molecular formula is C13H12N4O2. The van der Waals surface area contributed by atoms with Gasteiger partial charge in [-0.1, -0.05) is 5.16 Å². The number of imidazole rings is 1. The Balaban J connectivity index is 1.70. The first-order valence-corrected chi connectivity index (χ1v) is 6.23. The number of aromatic nitrogens is 4. The van der Waals surface area contributed by atoms with Crippen molar-refractivity contribution in [3.8, 4) is 11.5 Å². The van der Waals surface area contributed by atoms with E-state index in [4.69, 9.17) is 9.26 Å². The van der Waals surface area contributed by atoms with Crippen molar-refractivity contribution in [2.75, 3.05) is 13.2 Å². The van der Waals surface area contributed by atoms with Crippen LogP contribution in [0.4, 0.5) is 0 Å². The average molecular weight is 256 g/mol. The summed E-state index contributed by atoms with van der Waals surface area (Å²) in [6, 6.07) is 3.93. The molecule has 0 spiro atoms. The van der Waals surface area contributed by atoms with Crippen LogP contribution in [-0.4, -0.2) is 32.7 Å². The fourth-order valence-corrected chi connectivity index (χ4v) is 2.30. The first-order valence-electron chi connectivity index (χ1n) is 6.23. The second-order valence-corrected chi connectivity index (χ2v) is 4.66. The van der Waals surface area contributed by atoms with Gasteiger partial charge in [0.2, 0.25) is 0 Å². The highest BCUT2D eigenvalue weighted by atomic mass is 16.5. The monoisotopic (exact) mass is 256 g/mol. The van der Waals surface area contributed by atoms with Crippen molar-refractivity contribution in [2.45, 2.75) is 12.3 Å². The van der Waals surface area contributed by atoms with Gasteiger partial charge >= 0.3 is 0 Å². The van der Waals surface area contributed by atoms with Gasteiger partial charge in [0, 0.05) is 18.7 Å². The second kappa shape index (κ2) is 4.17. The van der Waals surface area contributed by atoms with E-state index >= 15 is 0 Å². The van der Waals surface area contributed by atoms with Gasteiger partial charge in [-0.3, -0.25) is 0 Å². The molecule has 96 valence electrons. The van der Waals surface area contributed by atoms with Gasteiger partial charge in [0.05, 0.1) is 30.2 Å². The lowest BCUT2D eigenvalue weighted by Gasteiger charge is -1.98. The highest BCUT2D eigenvalue weighted by Crippen LogP contribution is 2.25. The van der Waals surface area contributed by atoms with E-state index in [-0.39, 0.29) is 5.92 Å². The van der Waals surface area contributed by atoms with E-state index in [0.29, 0.717) is 12.5 Å². The average Bonchev–Trinajstić information content (AvgIpc) is 3.18. The Bertz CT molecular complexity index is 712. The molecule has 3 aromatic rings. The summed E-state index contributed by atoms with van der Waals surface area (Å²) in [6.45, 7) is 1.45. The van der Waals surface area contributed by atoms with E-state index < -0.39 is 0 Å². The van der Waals surface area contributed by atoms with Crippen molar-refractivity contribution in [1.29, 1.82) is 0 Å². The molecule has 1 aliphatic heterocycles. The second-order valence-electron chi connectivity index (χ2n) is 4.66. The first kappa shape index (κ1) is 10.7. The normalized spacial score (nSPS) is 19.3. The largest absolute Gasteiger partial charge is 0.381 e. The molecule has 6 heteroatoms. The standard InChI is InChI=1S/C13H12N4O2/c1-2-11-5-14-8-17(11)6-9(1)13-15-12(16-19-13)10-3-4-18-7-10/h1-2,5-6,8,10H,3-4,7H2. The molecule has 0 N–H and O–H groups in total. The Kier molecular flexibility index (Phi) is 2.34. The zero-order valence-corrected chi connectivity index (χ0v) is 10.2. The first-order chi connectivity index (χ1) is 9.40. The van der Waals surface area contributed by atoms with Gasteiger partial charge in [0.1, 0.15) is 0 Å². The fraction of sp³-hybridized carbons (Fsp3) is 0.308. The van der Waals surface area contributed by atoms with Crippen molar-refractivity contribution in [3.05, 3.63) is 36.7 Å². The summed E-state index contributed by atoms with van der Waals surface area (Å²) < 4.78 is 12.6. The van der Waals surface area contributed by atoms with Crippen LogP contribution in [0, 0.1) is 0 Å². The maximum Gasteiger partial charge on any atom is 0.259 e. The van der Waals surface area contributed by atoms with Crippen LogP contribution in [-0.2, 0) is 4.74 Å². The number of rotatable bonds is 2. The van der Waals surface area contributed by atoms with Gasteiger partial charge in [0.15, 0.2) is 5.82 Å². The molecule has 1 fully saturated rings. The Morgan fingerprint density at radius 1 is 1.32 bits per heavy atom. The highest BCUT2D eigenvalue weighted by molar-refractivity contribution is 5.57. The summed E-state index contributed by atoms with van der Waals surface area (Å²) in [5.41, 5.74) is 1.93. The Morgan fingerprint density at radius 3 is 3.21 bits per heavy atom. The molecule has 0 bridgehead atoms. The van der Waals surface area contributed by atoms with E-state index in [2.05, 4.69) is 15.1 Å². The number of hydrogen-bond donors (Lipinski definition) is 0. The molecule has 19 heavy (non-hydrogen) atoms. The topological polar surface area (TPSA) is 65.5 Å². The van der Waals surface area contributed by atoms with E-state index in [1.165, 1.54) is 0 Å². The van der Waals surface area contributed by atoms with Crippen LogP contribution in [0.5, 0.6) is 0 Å². The van der Waals surface area contributed by atoms with E-state index in [9.17, 15) is 0 Å². The Labute approximate surface area is 109 Å². The van der Waals surface area contributed by atoms with Crippen molar-refractivity contribution in [1.82, 2.24) is 19.5 Å². The zero-order chi connectivity index (χ0) is 12.7. The van der Waals surface area contributed by atoms with Crippen molar-refractivity contribution in [2.24, 2.45) is 0 Å². The van der Waals surface area contributed by atoms with Gasteiger partial charge in [-0.05, 0) is 18.6 Å². The molecule has 0 saturated carbocycles. The third-order valence-corrected chi connectivity index (χ3v) is 3.39. The van der Waals surface area contributed by atoms with Crippen molar-refractivity contribution >= 4 is 5.52 Å². The molecule has 0 aromatic carbocycles. The van der Waals surface area contributed by atoms with Crippen LogP contribution >= 0.6 is 0 Å². The van der Waals surface area contributed by atoms with Crippen LogP contribution in [0.15, 0.2) is 35.4 Å². The van der Waals surface area contributed by atoms with Crippen molar-refractivity contribution < 1.29 is 9.26 Å². The minimum Gasteiger partial charge on any atom is -0.381 e. The molecule has 4 rings (SSSR count). The molecule has 1 aliphatic rings. The number of ether oxygens (including phenoxy) is 1. The third kappa shape index (κ3) is 1.80. The highest BCUT2D eigenvalue weighted by Gasteiger charge is 2.23. The number of nitrogens with zero attached hydrogens (tertiary/aromatic N) is 4. The molecule has 1 unspecified atom stereocenters. The van der Waals surface area contributed by atoms with Crippen LogP contribution < -0.4 is 0 Å². The molecule has 1 saturated heterocycles.